The molecular formula is C25H28N2O3. The lowest BCUT2D eigenvalue weighted by molar-refractivity contribution is 0.0720. The summed E-state index contributed by atoms with van der Waals surface area (Å²) in [4.78, 5) is 30.9. The number of fused-ring (bicyclic) bond motifs is 2. The molecule has 2 aromatic carbocycles. The fraction of sp³-hybridized carbons (Fsp3) is 0.360. The van der Waals surface area contributed by atoms with Crippen LogP contribution in [0, 0.1) is 6.92 Å². The summed E-state index contributed by atoms with van der Waals surface area (Å²) in [7, 11) is 0. The second-order valence-corrected chi connectivity index (χ2v) is 7.86. The Hall–Kier alpha value is -2.92. The summed E-state index contributed by atoms with van der Waals surface area (Å²) in [6.07, 6.45) is 0.845. The quantitative estimate of drug-likeness (QED) is 0.586. The molecule has 5 heteroatoms. The number of benzene rings is 2. The number of carbonyl (C=O) groups is 1. The summed E-state index contributed by atoms with van der Waals surface area (Å²) >= 11 is 0. The van der Waals surface area contributed by atoms with Crippen molar-refractivity contribution in [3.63, 3.8) is 0 Å². The van der Waals surface area contributed by atoms with E-state index in [0.29, 0.717) is 23.1 Å². The molecule has 4 rings (SSSR count). The molecule has 1 unspecified atom stereocenters. The number of para-hydroxylation sites is 1. The highest BCUT2D eigenvalue weighted by Gasteiger charge is 2.42. The SMILES string of the molecule is CCN(CC)CCCN1C(=O)c2oc3ccccc3c(=O)c2C1c1ccc(C)cc1. The summed E-state index contributed by atoms with van der Waals surface area (Å²) < 4.78 is 5.97. The van der Waals surface area contributed by atoms with Crippen molar-refractivity contribution in [2.24, 2.45) is 0 Å². The van der Waals surface area contributed by atoms with Crippen LogP contribution in [0.2, 0.25) is 0 Å². The van der Waals surface area contributed by atoms with Crippen molar-refractivity contribution < 1.29 is 9.21 Å². The number of hydrogen-bond donors (Lipinski definition) is 0. The van der Waals surface area contributed by atoms with Gasteiger partial charge in [0.1, 0.15) is 5.58 Å². The van der Waals surface area contributed by atoms with Gasteiger partial charge in [0.05, 0.1) is 17.0 Å². The van der Waals surface area contributed by atoms with Crippen LogP contribution in [0.1, 0.15) is 53.6 Å². The van der Waals surface area contributed by atoms with Gasteiger partial charge in [-0.2, -0.15) is 0 Å². The molecule has 1 aromatic heterocycles. The number of amides is 1. The fourth-order valence-corrected chi connectivity index (χ4v) is 4.30. The number of nitrogens with zero attached hydrogens (tertiary/aromatic N) is 2. The van der Waals surface area contributed by atoms with Crippen LogP contribution in [-0.2, 0) is 0 Å². The molecule has 156 valence electrons. The molecule has 0 N–H and O–H groups in total. The molecule has 0 saturated heterocycles. The van der Waals surface area contributed by atoms with E-state index in [9.17, 15) is 9.59 Å². The molecule has 1 aliphatic rings. The molecule has 3 aromatic rings. The monoisotopic (exact) mass is 404 g/mol. The largest absolute Gasteiger partial charge is 0.450 e. The summed E-state index contributed by atoms with van der Waals surface area (Å²) in [5.41, 5.74) is 2.89. The molecule has 0 aliphatic carbocycles. The van der Waals surface area contributed by atoms with E-state index in [2.05, 4.69) is 18.7 Å². The predicted octanol–water partition coefficient (Wildman–Crippen LogP) is 4.38. The first-order valence-corrected chi connectivity index (χ1v) is 10.7. The van der Waals surface area contributed by atoms with Crippen molar-refractivity contribution in [1.29, 1.82) is 0 Å². The minimum Gasteiger partial charge on any atom is -0.450 e. The van der Waals surface area contributed by atoms with Crippen LogP contribution >= 0.6 is 0 Å². The second kappa shape index (κ2) is 8.44. The van der Waals surface area contributed by atoms with Crippen LogP contribution in [0.25, 0.3) is 11.0 Å². The van der Waals surface area contributed by atoms with Crippen LogP contribution < -0.4 is 5.43 Å². The molecule has 1 aliphatic heterocycles. The zero-order chi connectivity index (χ0) is 21.3. The first-order valence-electron chi connectivity index (χ1n) is 10.7. The third-order valence-electron chi connectivity index (χ3n) is 6.03. The molecule has 2 heterocycles. The maximum Gasteiger partial charge on any atom is 0.290 e. The van der Waals surface area contributed by atoms with E-state index < -0.39 is 6.04 Å². The van der Waals surface area contributed by atoms with Crippen molar-refractivity contribution in [1.82, 2.24) is 9.80 Å². The van der Waals surface area contributed by atoms with E-state index in [1.165, 1.54) is 0 Å². The first kappa shape index (κ1) is 20.4. The van der Waals surface area contributed by atoms with E-state index in [4.69, 9.17) is 4.42 Å². The Bertz CT molecular complexity index is 1110. The van der Waals surface area contributed by atoms with E-state index in [1.54, 1.807) is 12.1 Å². The number of rotatable bonds is 7. The zero-order valence-electron chi connectivity index (χ0n) is 17.9. The molecule has 0 bridgehead atoms. The van der Waals surface area contributed by atoms with Crippen LogP contribution in [0.4, 0.5) is 0 Å². The van der Waals surface area contributed by atoms with Gasteiger partial charge in [0.15, 0.2) is 5.43 Å². The average Bonchev–Trinajstić information content (AvgIpc) is 3.04. The second-order valence-electron chi connectivity index (χ2n) is 7.86. The Balaban J connectivity index is 1.78. The number of aryl methyl sites for hydroxylation is 1. The first-order chi connectivity index (χ1) is 14.5. The Morgan fingerprint density at radius 3 is 2.40 bits per heavy atom. The van der Waals surface area contributed by atoms with Gasteiger partial charge < -0.3 is 14.2 Å². The van der Waals surface area contributed by atoms with Crippen LogP contribution in [0.3, 0.4) is 0 Å². The normalized spacial score (nSPS) is 15.9. The maximum atomic E-state index is 13.4. The summed E-state index contributed by atoms with van der Waals surface area (Å²) in [5, 5.41) is 0.520. The lowest BCUT2D eigenvalue weighted by Crippen LogP contribution is -2.33. The Labute approximate surface area is 176 Å². The minimum absolute atomic E-state index is 0.114. The molecule has 5 nitrogen and oxygen atoms in total. The smallest absolute Gasteiger partial charge is 0.290 e. The highest BCUT2D eigenvalue weighted by Crippen LogP contribution is 2.38. The molecular weight excluding hydrogens is 376 g/mol. The Morgan fingerprint density at radius 1 is 1.00 bits per heavy atom. The lowest BCUT2D eigenvalue weighted by Gasteiger charge is -2.26. The van der Waals surface area contributed by atoms with Crippen molar-refractivity contribution in [3.05, 3.63) is 81.2 Å². The van der Waals surface area contributed by atoms with Gasteiger partial charge in [-0.15, -0.1) is 0 Å². The fourth-order valence-electron chi connectivity index (χ4n) is 4.30. The molecule has 30 heavy (non-hydrogen) atoms. The van der Waals surface area contributed by atoms with Crippen molar-refractivity contribution >= 4 is 16.9 Å². The van der Waals surface area contributed by atoms with Gasteiger partial charge in [-0.25, -0.2) is 0 Å². The Morgan fingerprint density at radius 2 is 1.70 bits per heavy atom. The zero-order valence-corrected chi connectivity index (χ0v) is 17.9. The van der Waals surface area contributed by atoms with E-state index in [0.717, 1.165) is 37.2 Å². The predicted molar refractivity (Wildman–Crippen MR) is 119 cm³/mol. The number of carbonyl (C=O) groups excluding carboxylic acids is 1. The molecule has 0 saturated carbocycles. The maximum absolute atomic E-state index is 13.4. The average molecular weight is 405 g/mol. The van der Waals surface area contributed by atoms with Crippen LogP contribution in [-0.4, -0.2) is 41.9 Å². The highest BCUT2D eigenvalue weighted by molar-refractivity contribution is 5.99. The highest BCUT2D eigenvalue weighted by atomic mass is 16.3. The standard InChI is InChI=1S/C25H28N2O3/c1-4-26(5-2)15-8-16-27-22(18-13-11-17(3)12-14-18)21-23(28)19-9-6-7-10-20(19)30-24(21)25(27)29/h6-7,9-14,22H,4-5,8,15-16H2,1-3H3. The minimum atomic E-state index is -0.411. The molecule has 1 amide bonds. The molecule has 1 atom stereocenters. The van der Waals surface area contributed by atoms with Crippen LogP contribution in [0.15, 0.2) is 57.7 Å². The van der Waals surface area contributed by atoms with Crippen molar-refractivity contribution in [3.8, 4) is 0 Å². The van der Waals surface area contributed by atoms with Crippen LogP contribution in [0.5, 0.6) is 0 Å². The summed E-state index contributed by atoms with van der Waals surface area (Å²) in [6.45, 7) is 9.77. The summed E-state index contributed by atoms with van der Waals surface area (Å²) in [5.74, 6) is -0.00918. The van der Waals surface area contributed by atoms with E-state index in [-0.39, 0.29) is 17.1 Å². The molecule has 0 spiro atoms. The third kappa shape index (κ3) is 3.54. The molecule has 0 radical (unpaired) electrons. The molecule has 0 fully saturated rings. The topological polar surface area (TPSA) is 53.8 Å². The van der Waals surface area contributed by atoms with Gasteiger partial charge in [0.2, 0.25) is 5.76 Å². The van der Waals surface area contributed by atoms with Crippen molar-refractivity contribution in [2.45, 2.75) is 33.2 Å². The lowest BCUT2D eigenvalue weighted by atomic mass is 9.97. The van der Waals surface area contributed by atoms with Gasteiger partial charge in [-0.05, 0) is 50.7 Å². The van der Waals surface area contributed by atoms with E-state index >= 15 is 0 Å². The van der Waals surface area contributed by atoms with Crippen molar-refractivity contribution in [2.75, 3.05) is 26.2 Å². The van der Waals surface area contributed by atoms with Gasteiger partial charge in [0.25, 0.3) is 5.91 Å². The Kier molecular flexibility index (Phi) is 5.73. The van der Waals surface area contributed by atoms with Gasteiger partial charge in [-0.1, -0.05) is 55.8 Å². The van der Waals surface area contributed by atoms with Gasteiger partial charge in [-0.3, -0.25) is 9.59 Å². The summed E-state index contributed by atoms with van der Waals surface area (Å²) in [6, 6.07) is 14.8. The van der Waals surface area contributed by atoms with E-state index in [1.807, 2.05) is 48.2 Å². The van der Waals surface area contributed by atoms with Gasteiger partial charge >= 0.3 is 0 Å². The third-order valence-corrected chi connectivity index (χ3v) is 6.03. The van der Waals surface area contributed by atoms with Gasteiger partial charge in [0, 0.05) is 6.54 Å². The number of hydrogen-bond acceptors (Lipinski definition) is 4.